The zero-order valence-corrected chi connectivity index (χ0v) is 26.4. The summed E-state index contributed by atoms with van der Waals surface area (Å²) in [5.41, 5.74) is 3.62. The molecule has 4 rings (SSSR count). The molecule has 11 nitrogen and oxygen atoms in total. The number of anilines is 1. The SMILES string of the molecule is COc1cc2c(c(OC)c1OC)-c1ccc(NCCCCCC(=O)NCCN3CCOCC3)c(=O)cc1C(NC(C)=O)CC2. The molecule has 1 saturated heterocycles. The second-order valence-corrected chi connectivity index (χ2v) is 11.1. The Bertz CT molecular complexity index is 1360. The van der Waals surface area contributed by atoms with Gasteiger partial charge in [0, 0.05) is 51.6 Å². The molecule has 11 heteroatoms. The lowest BCUT2D eigenvalue weighted by Gasteiger charge is -2.26. The van der Waals surface area contributed by atoms with E-state index in [0.717, 1.165) is 74.4 Å². The molecule has 1 aliphatic heterocycles. The number of morpholine rings is 1. The van der Waals surface area contributed by atoms with Gasteiger partial charge in [-0.25, -0.2) is 0 Å². The highest BCUT2D eigenvalue weighted by atomic mass is 16.5. The summed E-state index contributed by atoms with van der Waals surface area (Å²) < 4.78 is 22.4. The van der Waals surface area contributed by atoms with Gasteiger partial charge in [-0.15, -0.1) is 0 Å². The van der Waals surface area contributed by atoms with E-state index in [1.807, 2.05) is 12.1 Å². The predicted octanol–water partition coefficient (Wildman–Crippen LogP) is 3.28. The van der Waals surface area contributed by atoms with Crippen molar-refractivity contribution >= 4 is 17.5 Å². The van der Waals surface area contributed by atoms with E-state index in [0.29, 0.717) is 55.3 Å². The van der Waals surface area contributed by atoms with Gasteiger partial charge in [-0.05, 0) is 60.6 Å². The van der Waals surface area contributed by atoms with E-state index >= 15 is 0 Å². The molecule has 1 heterocycles. The van der Waals surface area contributed by atoms with Crippen LogP contribution in [0.15, 0.2) is 29.1 Å². The summed E-state index contributed by atoms with van der Waals surface area (Å²) in [6.07, 6.45) is 4.20. The zero-order chi connectivity index (χ0) is 31.5. The van der Waals surface area contributed by atoms with E-state index < -0.39 is 0 Å². The van der Waals surface area contributed by atoms with Crippen molar-refractivity contribution in [1.29, 1.82) is 0 Å². The Balaban J connectivity index is 1.43. The number of carbonyl (C=O) groups excluding carboxylic acids is 2. The molecule has 0 aromatic heterocycles. The van der Waals surface area contributed by atoms with Crippen LogP contribution in [-0.2, 0) is 20.7 Å². The molecular weight excluding hydrogens is 564 g/mol. The van der Waals surface area contributed by atoms with Crippen molar-refractivity contribution < 1.29 is 28.5 Å². The zero-order valence-electron chi connectivity index (χ0n) is 26.4. The first-order valence-electron chi connectivity index (χ1n) is 15.4. The molecule has 2 amide bonds. The van der Waals surface area contributed by atoms with Gasteiger partial charge in [0.25, 0.3) is 0 Å². The highest BCUT2D eigenvalue weighted by Gasteiger charge is 2.29. The largest absolute Gasteiger partial charge is 0.493 e. The second-order valence-electron chi connectivity index (χ2n) is 11.1. The molecule has 2 aromatic rings. The average molecular weight is 611 g/mol. The second kappa shape index (κ2) is 16.3. The maximum absolute atomic E-state index is 13.4. The van der Waals surface area contributed by atoms with E-state index in [-0.39, 0.29) is 23.3 Å². The van der Waals surface area contributed by atoms with Crippen LogP contribution in [0.3, 0.4) is 0 Å². The molecule has 1 aliphatic carbocycles. The first kappa shape index (κ1) is 33.1. The Hall–Kier alpha value is -3.83. The highest BCUT2D eigenvalue weighted by Crippen LogP contribution is 2.50. The van der Waals surface area contributed by atoms with Gasteiger partial charge in [0.05, 0.1) is 46.3 Å². The molecule has 0 bridgehead atoms. The number of nitrogens with one attached hydrogen (secondary N) is 3. The van der Waals surface area contributed by atoms with E-state index in [2.05, 4.69) is 20.9 Å². The first-order valence-corrected chi connectivity index (χ1v) is 15.4. The van der Waals surface area contributed by atoms with Gasteiger partial charge in [-0.2, -0.15) is 0 Å². The Labute approximate surface area is 259 Å². The van der Waals surface area contributed by atoms with Gasteiger partial charge in [0.1, 0.15) is 0 Å². The number of aryl methyl sites for hydroxylation is 1. The number of benzene rings is 1. The maximum atomic E-state index is 13.4. The van der Waals surface area contributed by atoms with Crippen LogP contribution in [0.2, 0.25) is 0 Å². The highest BCUT2D eigenvalue weighted by molar-refractivity contribution is 5.83. The van der Waals surface area contributed by atoms with Gasteiger partial charge in [-0.3, -0.25) is 19.3 Å². The number of nitrogens with zero attached hydrogens (tertiary/aromatic N) is 1. The van der Waals surface area contributed by atoms with Crippen LogP contribution in [0.1, 0.15) is 56.2 Å². The van der Waals surface area contributed by atoms with Crippen molar-refractivity contribution in [3.63, 3.8) is 0 Å². The standard InChI is InChI=1S/C33H46N4O7/c1-22(38)36-26-11-9-23-20-29(41-2)32(42-3)33(43-4)31(23)24-10-12-27(28(39)21-25(24)26)34-13-7-5-6-8-30(40)35-14-15-37-16-18-44-19-17-37/h10,12,20-21,26H,5-9,11,13-19H2,1-4H3,(H,34,39)(H,35,40)(H,36,38). The van der Waals surface area contributed by atoms with Gasteiger partial charge in [-0.1, -0.05) is 12.5 Å². The molecule has 0 radical (unpaired) electrons. The lowest BCUT2D eigenvalue weighted by molar-refractivity contribution is -0.121. The number of ether oxygens (including phenoxy) is 4. The summed E-state index contributed by atoms with van der Waals surface area (Å²) in [4.78, 5) is 40.1. The summed E-state index contributed by atoms with van der Waals surface area (Å²) in [7, 11) is 4.72. The van der Waals surface area contributed by atoms with Crippen molar-refractivity contribution in [3.8, 4) is 28.4 Å². The minimum absolute atomic E-state index is 0.0725. The molecule has 2 aliphatic rings. The predicted molar refractivity (Wildman–Crippen MR) is 170 cm³/mol. The van der Waals surface area contributed by atoms with E-state index in [4.69, 9.17) is 18.9 Å². The van der Waals surface area contributed by atoms with Crippen LogP contribution in [-0.4, -0.2) is 84.0 Å². The van der Waals surface area contributed by atoms with Crippen LogP contribution < -0.4 is 35.6 Å². The van der Waals surface area contributed by atoms with Crippen molar-refractivity contribution in [1.82, 2.24) is 15.5 Å². The summed E-state index contributed by atoms with van der Waals surface area (Å²) in [5.74, 6) is 1.45. The van der Waals surface area contributed by atoms with Crippen LogP contribution in [0, 0.1) is 0 Å². The van der Waals surface area contributed by atoms with E-state index in [1.54, 1.807) is 33.5 Å². The molecule has 1 atom stereocenters. The van der Waals surface area contributed by atoms with Crippen LogP contribution in [0.4, 0.5) is 5.69 Å². The fourth-order valence-corrected chi connectivity index (χ4v) is 5.93. The fraction of sp³-hybridized carbons (Fsp3) is 0.545. The summed E-state index contributed by atoms with van der Waals surface area (Å²) >= 11 is 0. The minimum Gasteiger partial charge on any atom is -0.493 e. The van der Waals surface area contributed by atoms with Crippen molar-refractivity contribution in [2.75, 3.05) is 72.6 Å². The number of hydrogen-bond donors (Lipinski definition) is 3. The summed E-state index contributed by atoms with van der Waals surface area (Å²) in [6.45, 7) is 6.92. The third kappa shape index (κ3) is 8.41. The monoisotopic (exact) mass is 610 g/mol. The molecule has 2 aromatic carbocycles. The molecule has 3 N–H and O–H groups in total. The fourth-order valence-electron chi connectivity index (χ4n) is 5.93. The molecule has 44 heavy (non-hydrogen) atoms. The maximum Gasteiger partial charge on any atom is 0.220 e. The molecule has 1 fully saturated rings. The number of methoxy groups -OCH3 is 3. The lowest BCUT2D eigenvalue weighted by Crippen LogP contribution is -2.41. The Morgan fingerprint density at radius 2 is 1.75 bits per heavy atom. The molecular formula is C33H46N4O7. The van der Waals surface area contributed by atoms with Crippen LogP contribution in [0.25, 0.3) is 11.1 Å². The third-order valence-electron chi connectivity index (χ3n) is 8.17. The first-order chi connectivity index (χ1) is 21.4. The molecule has 240 valence electrons. The normalized spacial score (nSPS) is 16.1. The summed E-state index contributed by atoms with van der Waals surface area (Å²) in [5, 5.41) is 9.32. The number of unbranched alkanes of at least 4 members (excludes halogenated alkanes) is 2. The smallest absolute Gasteiger partial charge is 0.220 e. The Morgan fingerprint density at radius 3 is 2.45 bits per heavy atom. The van der Waals surface area contributed by atoms with Gasteiger partial charge < -0.3 is 34.9 Å². The Morgan fingerprint density at radius 1 is 0.977 bits per heavy atom. The summed E-state index contributed by atoms with van der Waals surface area (Å²) in [6, 6.07) is 6.90. The number of rotatable bonds is 14. The van der Waals surface area contributed by atoms with Crippen LogP contribution in [0.5, 0.6) is 17.2 Å². The number of fused-ring (bicyclic) bond motifs is 3. The van der Waals surface area contributed by atoms with Gasteiger partial charge in [0.15, 0.2) is 11.5 Å². The molecule has 0 spiro atoms. The third-order valence-corrected chi connectivity index (χ3v) is 8.17. The number of amides is 2. The van der Waals surface area contributed by atoms with Crippen LogP contribution >= 0.6 is 0 Å². The van der Waals surface area contributed by atoms with E-state index in [9.17, 15) is 14.4 Å². The molecule has 0 saturated carbocycles. The van der Waals surface area contributed by atoms with Crippen molar-refractivity contribution in [2.24, 2.45) is 0 Å². The number of hydrogen-bond acceptors (Lipinski definition) is 9. The number of carbonyl (C=O) groups is 2. The quantitative estimate of drug-likeness (QED) is 0.276. The topological polar surface area (TPSA) is 127 Å². The lowest BCUT2D eigenvalue weighted by atomic mass is 9.95. The van der Waals surface area contributed by atoms with Crippen molar-refractivity contribution in [3.05, 3.63) is 45.6 Å². The minimum atomic E-state index is -0.357. The van der Waals surface area contributed by atoms with Gasteiger partial charge in [0.2, 0.25) is 23.0 Å². The van der Waals surface area contributed by atoms with Crippen molar-refractivity contribution in [2.45, 2.75) is 51.5 Å². The van der Waals surface area contributed by atoms with E-state index in [1.165, 1.54) is 6.92 Å². The van der Waals surface area contributed by atoms with Gasteiger partial charge >= 0.3 is 0 Å². The molecule has 1 unspecified atom stereocenters. The Kier molecular flexibility index (Phi) is 12.3. The average Bonchev–Trinajstić information content (AvgIpc) is 3.26.